The van der Waals surface area contributed by atoms with Crippen molar-refractivity contribution in [3.05, 3.63) is 53.2 Å². The van der Waals surface area contributed by atoms with Gasteiger partial charge in [0.25, 0.3) is 0 Å². The van der Waals surface area contributed by atoms with Crippen LogP contribution in [0.15, 0.2) is 42.6 Å². The fourth-order valence-electron chi connectivity index (χ4n) is 2.03. The molecule has 0 spiro atoms. The lowest BCUT2D eigenvalue weighted by Gasteiger charge is -2.07. The lowest BCUT2D eigenvalue weighted by atomic mass is 10.2. The van der Waals surface area contributed by atoms with Crippen LogP contribution in [-0.2, 0) is 0 Å². The van der Waals surface area contributed by atoms with E-state index in [1.54, 1.807) is 29.1 Å². The van der Waals surface area contributed by atoms with Gasteiger partial charge in [0.05, 0.1) is 28.0 Å². The third-order valence-corrected chi connectivity index (χ3v) is 3.24. The Morgan fingerprint density at radius 1 is 1.26 bits per heavy atom. The third-order valence-electron chi connectivity index (χ3n) is 2.93. The van der Waals surface area contributed by atoms with Crippen LogP contribution in [0.3, 0.4) is 0 Å². The highest BCUT2D eigenvalue weighted by Crippen LogP contribution is 2.26. The van der Waals surface area contributed by atoms with Crippen LogP contribution in [0.25, 0.3) is 16.6 Å². The van der Waals surface area contributed by atoms with Gasteiger partial charge in [-0.2, -0.15) is 10.4 Å². The third kappa shape index (κ3) is 1.81. The molecule has 0 bridgehead atoms. The van der Waals surface area contributed by atoms with Crippen molar-refractivity contribution < 1.29 is 0 Å². The number of nitrogens with zero attached hydrogens (tertiary/aromatic N) is 3. The van der Waals surface area contributed by atoms with Crippen molar-refractivity contribution in [2.45, 2.75) is 0 Å². The molecule has 4 nitrogen and oxygen atoms in total. The second kappa shape index (κ2) is 4.30. The van der Waals surface area contributed by atoms with Crippen LogP contribution in [0.5, 0.6) is 0 Å². The molecule has 2 aromatic carbocycles. The molecule has 0 saturated carbocycles. The van der Waals surface area contributed by atoms with Gasteiger partial charge in [0.1, 0.15) is 6.07 Å². The van der Waals surface area contributed by atoms with Gasteiger partial charge < -0.3 is 5.73 Å². The van der Waals surface area contributed by atoms with Gasteiger partial charge in [0.2, 0.25) is 0 Å². The minimum Gasteiger partial charge on any atom is -0.399 e. The molecule has 3 rings (SSSR count). The van der Waals surface area contributed by atoms with Gasteiger partial charge in [-0.25, -0.2) is 4.68 Å². The summed E-state index contributed by atoms with van der Waals surface area (Å²) >= 11 is 6.04. The molecular weight excluding hydrogens is 260 g/mol. The van der Waals surface area contributed by atoms with Gasteiger partial charge in [-0.1, -0.05) is 17.7 Å². The molecule has 1 heterocycles. The summed E-state index contributed by atoms with van der Waals surface area (Å²) in [6.45, 7) is 0. The van der Waals surface area contributed by atoms with Crippen LogP contribution in [0.4, 0.5) is 5.69 Å². The zero-order valence-corrected chi connectivity index (χ0v) is 10.6. The molecule has 2 N–H and O–H groups in total. The molecule has 0 saturated heterocycles. The second-order valence-electron chi connectivity index (χ2n) is 4.12. The fourth-order valence-corrected chi connectivity index (χ4v) is 2.24. The molecule has 0 aliphatic heterocycles. The van der Waals surface area contributed by atoms with E-state index in [0.717, 1.165) is 10.9 Å². The Kier molecular flexibility index (Phi) is 2.62. The number of nitrogens with two attached hydrogens (primary N) is 1. The van der Waals surface area contributed by atoms with Crippen LogP contribution in [0, 0.1) is 11.3 Å². The molecule has 0 atom stereocenters. The number of benzene rings is 2. The Hall–Kier alpha value is -2.51. The molecule has 0 amide bonds. The number of hydrogen-bond acceptors (Lipinski definition) is 3. The molecular formula is C14H9ClN4. The number of nitriles is 1. The molecule has 0 radical (unpaired) electrons. The molecule has 0 unspecified atom stereocenters. The number of fused-ring (bicyclic) bond motifs is 1. The van der Waals surface area contributed by atoms with Crippen LogP contribution < -0.4 is 5.73 Å². The van der Waals surface area contributed by atoms with Gasteiger partial charge in [-0.3, -0.25) is 0 Å². The highest BCUT2D eigenvalue weighted by molar-refractivity contribution is 6.32. The summed E-state index contributed by atoms with van der Waals surface area (Å²) in [4.78, 5) is 0. The number of rotatable bonds is 1. The van der Waals surface area contributed by atoms with E-state index in [1.165, 1.54) is 0 Å². The summed E-state index contributed by atoms with van der Waals surface area (Å²) in [6.07, 6.45) is 1.73. The summed E-state index contributed by atoms with van der Waals surface area (Å²) in [5.74, 6) is 0. The SMILES string of the molecule is N#Cc1c(Cl)cccc1-n1ncc2ccc(N)cc21. The Morgan fingerprint density at radius 2 is 2.11 bits per heavy atom. The first-order valence-electron chi connectivity index (χ1n) is 5.63. The molecule has 5 heteroatoms. The van der Waals surface area contributed by atoms with Crippen molar-refractivity contribution in [3.63, 3.8) is 0 Å². The highest BCUT2D eigenvalue weighted by atomic mass is 35.5. The minimum absolute atomic E-state index is 0.400. The standard InChI is InChI=1S/C14H9ClN4/c15-12-2-1-3-13(11(12)7-16)19-14-6-10(17)5-4-9(14)8-18-19/h1-6,8H,17H2. The van der Waals surface area contributed by atoms with Gasteiger partial charge in [-0.05, 0) is 30.3 Å². The Labute approximate surface area is 114 Å². The lowest BCUT2D eigenvalue weighted by molar-refractivity contribution is 0.907. The first-order chi connectivity index (χ1) is 9.20. The monoisotopic (exact) mass is 268 g/mol. The summed E-state index contributed by atoms with van der Waals surface area (Å²) in [5, 5.41) is 14.9. The van der Waals surface area contributed by atoms with Crippen LogP contribution >= 0.6 is 11.6 Å². The van der Waals surface area contributed by atoms with E-state index in [9.17, 15) is 5.26 Å². The maximum absolute atomic E-state index is 9.22. The molecule has 92 valence electrons. The van der Waals surface area contributed by atoms with E-state index in [1.807, 2.05) is 18.2 Å². The van der Waals surface area contributed by atoms with E-state index in [2.05, 4.69) is 11.2 Å². The van der Waals surface area contributed by atoms with Crippen molar-refractivity contribution in [1.29, 1.82) is 5.26 Å². The number of hydrogen-bond donors (Lipinski definition) is 1. The molecule has 3 aromatic rings. The second-order valence-corrected chi connectivity index (χ2v) is 4.53. The number of halogens is 1. The predicted molar refractivity (Wildman–Crippen MR) is 75.2 cm³/mol. The number of aromatic nitrogens is 2. The first-order valence-corrected chi connectivity index (χ1v) is 6.01. The Morgan fingerprint density at radius 3 is 2.89 bits per heavy atom. The average Bonchev–Trinajstić information content (AvgIpc) is 2.81. The van der Waals surface area contributed by atoms with E-state index >= 15 is 0 Å². The fraction of sp³-hybridized carbons (Fsp3) is 0. The highest BCUT2D eigenvalue weighted by Gasteiger charge is 2.11. The molecule has 0 aliphatic rings. The van der Waals surface area contributed by atoms with Crippen molar-refractivity contribution >= 4 is 28.2 Å². The maximum atomic E-state index is 9.22. The zero-order chi connectivity index (χ0) is 13.4. The van der Waals surface area contributed by atoms with Crippen LogP contribution in [-0.4, -0.2) is 9.78 Å². The van der Waals surface area contributed by atoms with Crippen molar-refractivity contribution in [1.82, 2.24) is 9.78 Å². The maximum Gasteiger partial charge on any atom is 0.103 e. The summed E-state index contributed by atoms with van der Waals surface area (Å²) in [7, 11) is 0. The minimum atomic E-state index is 0.400. The Balaban J connectivity index is 2.34. The molecule has 1 aromatic heterocycles. The van der Waals surface area contributed by atoms with E-state index in [4.69, 9.17) is 17.3 Å². The molecule has 19 heavy (non-hydrogen) atoms. The first kappa shape index (κ1) is 11.6. The summed E-state index contributed by atoms with van der Waals surface area (Å²) < 4.78 is 1.68. The van der Waals surface area contributed by atoms with Crippen molar-refractivity contribution in [2.75, 3.05) is 5.73 Å². The average molecular weight is 269 g/mol. The topological polar surface area (TPSA) is 67.6 Å². The normalized spacial score (nSPS) is 10.5. The number of anilines is 1. The van der Waals surface area contributed by atoms with Gasteiger partial charge in [0.15, 0.2) is 0 Å². The largest absolute Gasteiger partial charge is 0.399 e. The van der Waals surface area contributed by atoms with Gasteiger partial charge >= 0.3 is 0 Å². The van der Waals surface area contributed by atoms with Crippen LogP contribution in [0.1, 0.15) is 5.56 Å². The lowest BCUT2D eigenvalue weighted by Crippen LogP contribution is -2.00. The summed E-state index contributed by atoms with van der Waals surface area (Å²) in [5.41, 5.74) is 8.34. The molecule has 0 aliphatic carbocycles. The van der Waals surface area contributed by atoms with Gasteiger partial charge in [-0.15, -0.1) is 0 Å². The summed E-state index contributed by atoms with van der Waals surface area (Å²) in [6, 6.07) is 12.9. The molecule has 0 fully saturated rings. The van der Waals surface area contributed by atoms with Gasteiger partial charge in [0, 0.05) is 11.1 Å². The van der Waals surface area contributed by atoms with E-state index < -0.39 is 0 Å². The van der Waals surface area contributed by atoms with Crippen molar-refractivity contribution in [2.24, 2.45) is 0 Å². The van der Waals surface area contributed by atoms with E-state index in [0.29, 0.717) is 22.0 Å². The number of nitrogen functional groups attached to an aromatic ring is 1. The van der Waals surface area contributed by atoms with Crippen LogP contribution in [0.2, 0.25) is 5.02 Å². The van der Waals surface area contributed by atoms with E-state index in [-0.39, 0.29) is 0 Å². The van der Waals surface area contributed by atoms with Crippen molar-refractivity contribution in [3.8, 4) is 11.8 Å². The quantitative estimate of drug-likeness (QED) is 0.690. The predicted octanol–water partition coefficient (Wildman–Crippen LogP) is 3.13. The smallest absolute Gasteiger partial charge is 0.103 e. The zero-order valence-electron chi connectivity index (χ0n) is 9.84. The Bertz CT molecular complexity index is 814.